The lowest BCUT2D eigenvalue weighted by atomic mass is 10.1. The summed E-state index contributed by atoms with van der Waals surface area (Å²) in [5.74, 6) is 5.83. The van der Waals surface area contributed by atoms with Gasteiger partial charge in [-0.3, -0.25) is 0 Å². The molecule has 0 aromatic heterocycles. The summed E-state index contributed by atoms with van der Waals surface area (Å²) in [5, 5.41) is 2.97. The van der Waals surface area contributed by atoms with Gasteiger partial charge in [0.15, 0.2) is 0 Å². The molecule has 20 heavy (non-hydrogen) atoms. The zero-order valence-corrected chi connectivity index (χ0v) is 11.7. The molecule has 0 saturated carbocycles. The van der Waals surface area contributed by atoms with E-state index in [4.69, 9.17) is 5.73 Å². The maximum Gasteiger partial charge on any atom is 0.317 e. The predicted molar refractivity (Wildman–Crippen MR) is 80.0 cm³/mol. The fraction of sp³-hybridized carbons (Fsp3) is 0.438. The molecule has 1 aromatic carbocycles. The lowest BCUT2D eigenvalue weighted by Crippen LogP contribution is -2.42. The van der Waals surface area contributed by atoms with E-state index in [1.54, 1.807) is 0 Å². The van der Waals surface area contributed by atoms with Gasteiger partial charge in [0.05, 0.1) is 6.54 Å². The molecule has 0 radical (unpaired) electrons. The van der Waals surface area contributed by atoms with Gasteiger partial charge in [0.25, 0.3) is 0 Å². The van der Waals surface area contributed by atoms with Gasteiger partial charge in [-0.15, -0.1) is 0 Å². The Bertz CT molecular complexity index is 510. The molecule has 4 nitrogen and oxygen atoms in total. The van der Waals surface area contributed by atoms with Crippen molar-refractivity contribution in [2.24, 2.45) is 5.73 Å². The predicted octanol–water partition coefficient (Wildman–Crippen LogP) is 1.69. The van der Waals surface area contributed by atoms with Gasteiger partial charge in [0.2, 0.25) is 0 Å². The molecule has 1 aliphatic heterocycles. The first kappa shape index (κ1) is 14.4. The maximum absolute atomic E-state index is 12.0. The fourth-order valence-corrected chi connectivity index (χ4v) is 2.30. The standard InChI is InChI=1S/C16H21N3O/c17-9-5-8-14-6-4-7-15(12-14)13-18-16(20)19-10-2-1-3-11-19/h4,6-7,12H,1-3,9-11,13,17H2,(H,18,20). The molecule has 1 aromatic rings. The molecule has 2 rings (SSSR count). The van der Waals surface area contributed by atoms with Crippen LogP contribution in [0.2, 0.25) is 0 Å². The van der Waals surface area contributed by atoms with Crippen molar-refractivity contribution in [3.63, 3.8) is 0 Å². The molecule has 0 unspecified atom stereocenters. The number of nitrogens with two attached hydrogens (primary N) is 1. The van der Waals surface area contributed by atoms with Crippen LogP contribution in [0.1, 0.15) is 30.4 Å². The summed E-state index contributed by atoms with van der Waals surface area (Å²) in [5.41, 5.74) is 7.34. The van der Waals surface area contributed by atoms with Crippen LogP contribution in [0.5, 0.6) is 0 Å². The molecule has 4 heteroatoms. The van der Waals surface area contributed by atoms with Crippen LogP contribution in [-0.2, 0) is 6.54 Å². The van der Waals surface area contributed by atoms with Gasteiger partial charge in [0.1, 0.15) is 0 Å². The molecule has 106 valence electrons. The minimum Gasteiger partial charge on any atom is -0.334 e. The highest BCUT2D eigenvalue weighted by Crippen LogP contribution is 2.09. The highest BCUT2D eigenvalue weighted by molar-refractivity contribution is 5.74. The van der Waals surface area contributed by atoms with Crippen LogP contribution in [0.3, 0.4) is 0 Å². The first-order valence-electron chi connectivity index (χ1n) is 7.10. The number of amides is 2. The van der Waals surface area contributed by atoms with Gasteiger partial charge in [-0.2, -0.15) is 0 Å². The Morgan fingerprint density at radius 2 is 2.10 bits per heavy atom. The summed E-state index contributed by atoms with van der Waals surface area (Å²) in [7, 11) is 0. The van der Waals surface area contributed by atoms with Crippen molar-refractivity contribution in [3.8, 4) is 11.8 Å². The van der Waals surface area contributed by atoms with Crippen molar-refractivity contribution >= 4 is 6.03 Å². The SMILES string of the molecule is NCC#Cc1cccc(CNC(=O)N2CCCCC2)c1. The number of likely N-dealkylation sites (tertiary alicyclic amines) is 1. The van der Waals surface area contributed by atoms with E-state index in [0.717, 1.165) is 37.1 Å². The average molecular weight is 271 g/mol. The van der Waals surface area contributed by atoms with Crippen LogP contribution in [0, 0.1) is 11.8 Å². The van der Waals surface area contributed by atoms with Crippen molar-refractivity contribution in [2.45, 2.75) is 25.8 Å². The molecule has 1 aliphatic rings. The molecule has 1 heterocycles. The van der Waals surface area contributed by atoms with E-state index in [1.165, 1.54) is 6.42 Å². The van der Waals surface area contributed by atoms with Crippen molar-refractivity contribution in [3.05, 3.63) is 35.4 Å². The second kappa shape index (κ2) is 7.56. The van der Waals surface area contributed by atoms with Crippen LogP contribution in [0.4, 0.5) is 4.79 Å². The molecule has 0 bridgehead atoms. The third-order valence-corrected chi connectivity index (χ3v) is 3.35. The first-order chi connectivity index (χ1) is 9.79. The van der Waals surface area contributed by atoms with E-state index >= 15 is 0 Å². The van der Waals surface area contributed by atoms with E-state index in [9.17, 15) is 4.79 Å². The summed E-state index contributed by atoms with van der Waals surface area (Å²) < 4.78 is 0. The smallest absolute Gasteiger partial charge is 0.317 e. The van der Waals surface area contributed by atoms with Gasteiger partial charge < -0.3 is 16.0 Å². The summed E-state index contributed by atoms with van der Waals surface area (Å²) in [4.78, 5) is 13.9. The Balaban J connectivity index is 1.88. The molecular weight excluding hydrogens is 250 g/mol. The molecule has 1 fully saturated rings. The Hall–Kier alpha value is -1.99. The number of urea groups is 1. The minimum absolute atomic E-state index is 0.0307. The van der Waals surface area contributed by atoms with Gasteiger partial charge in [-0.25, -0.2) is 4.79 Å². The molecule has 1 saturated heterocycles. The Labute approximate surface area is 120 Å². The van der Waals surface area contributed by atoms with Gasteiger partial charge in [-0.05, 0) is 37.0 Å². The number of nitrogens with one attached hydrogen (secondary N) is 1. The fourth-order valence-electron chi connectivity index (χ4n) is 2.30. The molecule has 0 atom stereocenters. The molecule has 0 spiro atoms. The lowest BCUT2D eigenvalue weighted by molar-refractivity contribution is 0.186. The number of piperidine rings is 1. The number of carbonyl (C=O) groups excluding carboxylic acids is 1. The van der Waals surface area contributed by atoms with Crippen LogP contribution in [0.15, 0.2) is 24.3 Å². The third-order valence-electron chi connectivity index (χ3n) is 3.35. The van der Waals surface area contributed by atoms with Gasteiger partial charge >= 0.3 is 6.03 Å². The molecule has 0 aliphatic carbocycles. The topological polar surface area (TPSA) is 58.4 Å². The molecular formula is C16H21N3O. The number of carbonyl (C=O) groups is 1. The monoisotopic (exact) mass is 271 g/mol. The van der Waals surface area contributed by atoms with E-state index in [0.29, 0.717) is 13.1 Å². The average Bonchev–Trinajstić information content (AvgIpc) is 2.52. The maximum atomic E-state index is 12.0. The van der Waals surface area contributed by atoms with Crippen LogP contribution >= 0.6 is 0 Å². The van der Waals surface area contributed by atoms with E-state index in [1.807, 2.05) is 29.2 Å². The zero-order valence-electron chi connectivity index (χ0n) is 11.7. The molecule has 3 N–H and O–H groups in total. The number of hydrogen-bond acceptors (Lipinski definition) is 2. The molecule has 2 amide bonds. The van der Waals surface area contributed by atoms with Crippen molar-refractivity contribution in [1.29, 1.82) is 0 Å². The van der Waals surface area contributed by atoms with Crippen LogP contribution < -0.4 is 11.1 Å². The Kier molecular flexibility index (Phi) is 5.45. The number of hydrogen-bond donors (Lipinski definition) is 2. The second-order valence-electron chi connectivity index (χ2n) is 4.91. The highest BCUT2D eigenvalue weighted by atomic mass is 16.2. The van der Waals surface area contributed by atoms with Crippen molar-refractivity contribution in [2.75, 3.05) is 19.6 Å². The summed E-state index contributed by atoms with van der Waals surface area (Å²) >= 11 is 0. The first-order valence-corrected chi connectivity index (χ1v) is 7.10. The highest BCUT2D eigenvalue weighted by Gasteiger charge is 2.15. The van der Waals surface area contributed by atoms with Gasteiger partial charge in [0, 0.05) is 25.2 Å². The Morgan fingerprint density at radius 1 is 1.30 bits per heavy atom. The normalized spacial score (nSPS) is 14.3. The van der Waals surface area contributed by atoms with Crippen molar-refractivity contribution in [1.82, 2.24) is 10.2 Å². The van der Waals surface area contributed by atoms with Crippen LogP contribution in [-0.4, -0.2) is 30.6 Å². The summed E-state index contributed by atoms with van der Waals surface area (Å²) in [6.45, 7) is 2.63. The number of rotatable bonds is 2. The second-order valence-corrected chi connectivity index (χ2v) is 4.91. The number of nitrogens with zero attached hydrogens (tertiary/aromatic N) is 1. The van der Waals surface area contributed by atoms with Gasteiger partial charge in [-0.1, -0.05) is 24.0 Å². The Morgan fingerprint density at radius 3 is 2.85 bits per heavy atom. The van der Waals surface area contributed by atoms with Crippen LogP contribution in [0.25, 0.3) is 0 Å². The zero-order chi connectivity index (χ0) is 14.2. The third kappa shape index (κ3) is 4.29. The van der Waals surface area contributed by atoms with E-state index in [2.05, 4.69) is 17.2 Å². The minimum atomic E-state index is 0.0307. The largest absolute Gasteiger partial charge is 0.334 e. The lowest BCUT2D eigenvalue weighted by Gasteiger charge is -2.26. The van der Waals surface area contributed by atoms with Crippen molar-refractivity contribution < 1.29 is 4.79 Å². The number of benzene rings is 1. The summed E-state index contributed by atoms with van der Waals surface area (Å²) in [6, 6.07) is 7.90. The van der Waals surface area contributed by atoms with E-state index in [-0.39, 0.29) is 6.03 Å². The summed E-state index contributed by atoms with van der Waals surface area (Å²) in [6.07, 6.45) is 3.45. The van der Waals surface area contributed by atoms with E-state index < -0.39 is 0 Å². The quantitative estimate of drug-likeness (QED) is 0.804.